The van der Waals surface area contributed by atoms with Gasteiger partial charge in [-0.1, -0.05) is 154 Å². The van der Waals surface area contributed by atoms with Crippen molar-refractivity contribution in [2.75, 3.05) is 0 Å². The van der Waals surface area contributed by atoms with Gasteiger partial charge in [-0.2, -0.15) is 0 Å². The lowest BCUT2D eigenvalue weighted by Gasteiger charge is -2.36. The molecule has 5 aromatic carbocycles. The Morgan fingerprint density at radius 1 is 0.759 bits per heavy atom. The van der Waals surface area contributed by atoms with Gasteiger partial charge in [0.2, 0.25) is 0 Å². The first-order chi connectivity index (χ1) is 28.4. The van der Waals surface area contributed by atoms with Crippen LogP contribution in [0.3, 0.4) is 0 Å². The van der Waals surface area contributed by atoms with Gasteiger partial charge in [-0.3, -0.25) is 0 Å². The van der Waals surface area contributed by atoms with Crippen molar-refractivity contribution in [1.82, 2.24) is 34.7 Å². The van der Waals surface area contributed by atoms with Crippen molar-refractivity contribution in [3.63, 3.8) is 0 Å². The van der Waals surface area contributed by atoms with Crippen molar-refractivity contribution < 1.29 is 5.11 Å². The highest BCUT2D eigenvalue weighted by Crippen LogP contribution is 2.45. The van der Waals surface area contributed by atoms with Crippen LogP contribution in [0, 0.1) is 12.8 Å². The van der Waals surface area contributed by atoms with Gasteiger partial charge in [0, 0.05) is 24.1 Å². The van der Waals surface area contributed by atoms with Crippen LogP contribution >= 0.6 is 0 Å². The van der Waals surface area contributed by atoms with Crippen LogP contribution in [-0.4, -0.2) is 46.0 Å². The number of nitrogens with zero attached hydrogens (tertiary/aromatic N) is 7. The molecule has 0 bridgehead atoms. The second-order valence-corrected chi connectivity index (χ2v) is 16.1. The highest BCUT2D eigenvalue weighted by Gasteiger charge is 2.42. The summed E-state index contributed by atoms with van der Waals surface area (Å²) in [4.78, 5) is 10.3. The van der Waals surface area contributed by atoms with E-state index in [1.807, 2.05) is 22.9 Å². The van der Waals surface area contributed by atoms with Gasteiger partial charge in [-0.15, -0.1) is 5.10 Å². The second kappa shape index (κ2) is 15.6. The van der Waals surface area contributed by atoms with E-state index in [9.17, 15) is 5.11 Å². The molecule has 2 atom stereocenters. The van der Waals surface area contributed by atoms with E-state index in [1.165, 1.54) is 11.1 Å². The van der Waals surface area contributed by atoms with E-state index in [-0.39, 0.29) is 6.04 Å². The summed E-state index contributed by atoms with van der Waals surface area (Å²) in [5.74, 6) is 2.15. The minimum Gasteiger partial charge on any atom is -0.393 e. The van der Waals surface area contributed by atoms with Gasteiger partial charge in [-0.05, 0) is 93.1 Å². The largest absolute Gasteiger partial charge is 0.393 e. The van der Waals surface area contributed by atoms with Crippen LogP contribution in [0.4, 0.5) is 0 Å². The molecule has 3 heterocycles. The third-order valence-corrected chi connectivity index (χ3v) is 11.8. The quantitative estimate of drug-likeness (QED) is 0.125. The van der Waals surface area contributed by atoms with Gasteiger partial charge in [0.05, 0.1) is 12.1 Å². The first kappa shape index (κ1) is 37.3. The van der Waals surface area contributed by atoms with Gasteiger partial charge < -0.3 is 9.67 Å². The number of aromatic nitrogens is 7. The van der Waals surface area contributed by atoms with Crippen molar-refractivity contribution in [3.05, 3.63) is 184 Å². The molecule has 0 saturated carbocycles. The first-order valence-corrected chi connectivity index (χ1v) is 20.6. The SMILES string of the molecule is CCc1nc2c(C)cc(CC(O)CC(C)C)nc2n1[C@H]1CCc2cc(-c3ccccc3-c3nnnn3C(c3ccccc3)(c3ccccc3)c3ccccc3)ccc21. The normalized spacial score (nSPS) is 14.6. The summed E-state index contributed by atoms with van der Waals surface area (Å²) in [5.41, 5.74) is 12.0. The molecule has 1 N–H and O–H groups in total. The molecule has 58 heavy (non-hydrogen) atoms. The minimum atomic E-state index is -0.857. The van der Waals surface area contributed by atoms with Gasteiger partial charge in [0.25, 0.3) is 0 Å². The smallest absolute Gasteiger partial charge is 0.184 e. The first-order valence-electron chi connectivity index (χ1n) is 20.6. The fourth-order valence-corrected chi connectivity index (χ4v) is 9.32. The standard InChI is InChI=1S/C50H49N7O/c1-5-46-52-47-34(4)30-40(32-41(58)29-33(2)3)51-49(47)56(46)45-28-26-36-31-35(25-27-43(36)45)42-23-15-16-24-44(42)48-53-54-55-57(48)50(37-17-9-6-10-18-37,38-19-11-7-12-20-38)39-21-13-8-14-22-39/h6-25,27,30-31,33,41,45,58H,5,26,28-29,32H2,1-4H3/t41?,45-/m0/s1. The number of fused-ring (bicyclic) bond motifs is 2. The molecule has 0 saturated heterocycles. The van der Waals surface area contributed by atoms with Crippen LogP contribution in [0.15, 0.2) is 140 Å². The van der Waals surface area contributed by atoms with Crippen molar-refractivity contribution in [2.24, 2.45) is 5.92 Å². The summed E-state index contributed by atoms with van der Waals surface area (Å²) in [6.07, 6.45) is 3.59. The highest BCUT2D eigenvalue weighted by molar-refractivity contribution is 5.82. The minimum absolute atomic E-state index is 0.123. The topological polar surface area (TPSA) is 94.5 Å². The molecular formula is C50H49N7O. The van der Waals surface area contributed by atoms with Crippen LogP contribution < -0.4 is 0 Å². The molecule has 8 nitrogen and oxygen atoms in total. The van der Waals surface area contributed by atoms with Crippen LogP contribution in [0.5, 0.6) is 0 Å². The number of benzene rings is 5. The van der Waals surface area contributed by atoms with Gasteiger partial charge in [-0.25, -0.2) is 14.6 Å². The molecule has 0 aliphatic heterocycles. The van der Waals surface area contributed by atoms with Crippen molar-refractivity contribution in [3.8, 4) is 22.5 Å². The van der Waals surface area contributed by atoms with E-state index in [1.54, 1.807) is 0 Å². The summed E-state index contributed by atoms with van der Waals surface area (Å²) >= 11 is 0. The monoisotopic (exact) mass is 763 g/mol. The van der Waals surface area contributed by atoms with Crippen LogP contribution in [-0.2, 0) is 24.8 Å². The van der Waals surface area contributed by atoms with E-state index in [2.05, 4.69) is 159 Å². The lowest BCUT2D eigenvalue weighted by Crippen LogP contribution is -2.39. The van der Waals surface area contributed by atoms with E-state index >= 15 is 0 Å². The Hall–Kier alpha value is -6.25. The van der Waals surface area contributed by atoms with Crippen LogP contribution in [0.25, 0.3) is 33.7 Å². The molecule has 1 aliphatic carbocycles. The molecule has 290 valence electrons. The zero-order valence-corrected chi connectivity index (χ0v) is 33.6. The van der Waals surface area contributed by atoms with Gasteiger partial charge in [0.15, 0.2) is 11.5 Å². The van der Waals surface area contributed by atoms with Crippen molar-refractivity contribution in [2.45, 2.75) is 77.5 Å². The maximum Gasteiger partial charge on any atom is 0.184 e. The number of imidazole rings is 1. The third kappa shape index (κ3) is 6.51. The number of tetrazole rings is 1. The van der Waals surface area contributed by atoms with E-state index in [0.29, 0.717) is 18.2 Å². The molecule has 9 rings (SSSR count). The van der Waals surface area contributed by atoms with E-state index in [0.717, 1.165) is 87.3 Å². The Kier molecular flexibility index (Phi) is 10.0. The number of rotatable bonds is 12. The van der Waals surface area contributed by atoms with Gasteiger partial charge >= 0.3 is 0 Å². The highest BCUT2D eigenvalue weighted by atomic mass is 16.3. The molecule has 1 aliphatic rings. The molecule has 8 heteroatoms. The molecule has 0 spiro atoms. The number of aliphatic hydroxyl groups is 1. The summed E-state index contributed by atoms with van der Waals surface area (Å²) in [5, 5.41) is 24.9. The average Bonchev–Trinajstić information content (AvgIpc) is 4.00. The zero-order valence-electron chi connectivity index (χ0n) is 33.6. The maximum absolute atomic E-state index is 10.8. The van der Waals surface area contributed by atoms with Crippen molar-refractivity contribution >= 4 is 11.2 Å². The Balaban J connectivity index is 1.14. The number of aliphatic hydroxyl groups excluding tert-OH is 1. The Labute approximate surface area is 340 Å². The fraction of sp³-hybridized carbons (Fsp3) is 0.260. The predicted octanol–water partition coefficient (Wildman–Crippen LogP) is 9.95. The average molecular weight is 764 g/mol. The molecule has 0 amide bonds. The predicted molar refractivity (Wildman–Crippen MR) is 231 cm³/mol. The number of hydrogen-bond donors (Lipinski definition) is 1. The third-order valence-electron chi connectivity index (χ3n) is 11.8. The summed E-state index contributed by atoms with van der Waals surface area (Å²) in [6.45, 7) is 8.58. The van der Waals surface area contributed by atoms with Crippen molar-refractivity contribution in [1.29, 1.82) is 0 Å². The number of pyridine rings is 1. The van der Waals surface area contributed by atoms with E-state index in [4.69, 9.17) is 20.3 Å². The summed E-state index contributed by atoms with van der Waals surface area (Å²) < 4.78 is 4.39. The molecule has 0 radical (unpaired) electrons. The Morgan fingerprint density at radius 3 is 2.00 bits per heavy atom. The zero-order chi connectivity index (χ0) is 39.8. The summed E-state index contributed by atoms with van der Waals surface area (Å²) in [6, 6.07) is 49.2. The van der Waals surface area contributed by atoms with Gasteiger partial charge in [0.1, 0.15) is 16.9 Å². The molecule has 3 aromatic heterocycles. The molecular weight excluding hydrogens is 715 g/mol. The fourth-order valence-electron chi connectivity index (χ4n) is 9.32. The maximum atomic E-state index is 10.8. The number of aryl methyl sites for hydroxylation is 3. The Bertz CT molecular complexity index is 2590. The van der Waals surface area contributed by atoms with Crippen LogP contribution in [0.2, 0.25) is 0 Å². The molecule has 8 aromatic rings. The Morgan fingerprint density at radius 2 is 1.38 bits per heavy atom. The number of hydrogen-bond acceptors (Lipinski definition) is 6. The van der Waals surface area contributed by atoms with E-state index < -0.39 is 11.6 Å². The molecule has 1 unspecified atom stereocenters. The second-order valence-electron chi connectivity index (χ2n) is 16.1. The lowest BCUT2D eigenvalue weighted by molar-refractivity contribution is 0.148. The molecule has 0 fully saturated rings. The lowest BCUT2D eigenvalue weighted by atomic mass is 9.77. The van der Waals surface area contributed by atoms with Crippen LogP contribution in [0.1, 0.15) is 84.6 Å². The summed E-state index contributed by atoms with van der Waals surface area (Å²) in [7, 11) is 0.